The molecule has 1 N–H and O–H groups in total. The number of hydrogen-bond acceptors (Lipinski definition) is 3. The van der Waals surface area contributed by atoms with Crippen LogP contribution < -0.4 is 5.32 Å². The molecule has 0 unspecified atom stereocenters. The van der Waals surface area contributed by atoms with Crippen LogP contribution in [-0.4, -0.2) is 24.5 Å². The molecular weight excluding hydrogens is 234 g/mol. The summed E-state index contributed by atoms with van der Waals surface area (Å²) in [6, 6.07) is 8.06. The summed E-state index contributed by atoms with van der Waals surface area (Å²) in [5.74, 6) is 1.60. The molecule has 1 amide bonds. The first-order valence-corrected chi connectivity index (χ1v) is 6.83. The summed E-state index contributed by atoms with van der Waals surface area (Å²) in [6.07, 6.45) is 0. The highest BCUT2D eigenvalue weighted by molar-refractivity contribution is 7.99. The first-order valence-electron chi connectivity index (χ1n) is 5.67. The minimum absolute atomic E-state index is 0.0917. The van der Waals surface area contributed by atoms with E-state index in [1.165, 1.54) is 0 Å². The number of benzene rings is 1. The lowest BCUT2D eigenvalue weighted by Gasteiger charge is -2.06. The number of carbonyl (C=O) groups excluding carboxylic acids is 1. The molecule has 1 aromatic carbocycles. The van der Waals surface area contributed by atoms with Gasteiger partial charge in [-0.25, -0.2) is 0 Å². The highest BCUT2D eigenvalue weighted by Gasteiger charge is 2.01. The van der Waals surface area contributed by atoms with Crippen molar-refractivity contribution in [2.24, 2.45) is 0 Å². The van der Waals surface area contributed by atoms with Crippen molar-refractivity contribution < 1.29 is 9.53 Å². The predicted octanol–water partition coefficient (Wildman–Crippen LogP) is 2.20. The zero-order valence-electron chi connectivity index (χ0n) is 10.4. The lowest BCUT2D eigenvalue weighted by atomic mass is 10.1. The number of carbonyl (C=O) groups is 1. The van der Waals surface area contributed by atoms with E-state index in [1.807, 2.05) is 25.1 Å². The topological polar surface area (TPSA) is 38.3 Å². The molecular formula is C13H19NO2S. The number of amides is 1. The van der Waals surface area contributed by atoms with Gasteiger partial charge in [-0.2, -0.15) is 11.8 Å². The smallest absolute Gasteiger partial charge is 0.230 e. The standard InChI is InChI=1S/C13H19NO2S/c1-3-17-10-13(15)14-8-11-5-4-6-12(7-11)9-16-2/h4-7H,3,8-10H2,1-2H3,(H,14,15). The van der Waals surface area contributed by atoms with Crippen molar-refractivity contribution in [2.45, 2.75) is 20.1 Å². The molecule has 0 heterocycles. The molecule has 17 heavy (non-hydrogen) atoms. The summed E-state index contributed by atoms with van der Waals surface area (Å²) in [4.78, 5) is 11.4. The summed E-state index contributed by atoms with van der Waals surface area (Å²) >= 11 is 1.63. The van der Waals surface area contributed by atoms with Gasteiger partial charge in [-0.05, 0) is 16.9 Å². The van der Waals surface area contributed by atoms with Crippen LogP contribution in [-0.2, 0) is 22.7 Å². The van der Waals surface area contributed by atoms with Crippen LogP contribution in [0.25, 0.3) is 0 Å². The summed E-state index contributed by atoms with van der Waals surface area (Å²) < 4.78 is 5.07. The van der Waals surface area contributed by atoms with Crippen LogP contribution in [0, 0.1) is 0 Å². The van der Waals surface area contributed by atoms with Crippen molar-refractivity contribution in [3.05, 3.63) is 35.4 Å². The van der Waals surface area contributed by atoms with E-state index in [4.69, 9.17) is 4.74 Å². The van der Waals surface area contributed by atoms with Crippen LogP contribution in [0.2, 0.25) is 0 Å². The minimum Gasteiger partial charge on any atom is -0.380 e. The maximum absolute atomic E-state index is 11.4. The Morgan fingerprint density at radius 3 is 2.88 bits per heavy atom. The van der Waals surface area contributed by atoms with Gasteiger partial charge in [-0.1, -0.05) is 31.2 Å². The number of thioether (sulfide) groups is 1. The quantitative estimate of drug-likeness (QED) is 0.809. The molecule has 0 spiro atoms. The summed E-state index contributed by atoms with van der Waals surface area (Å²) in [5, 5.41) is 2.90. The molecule has 0 saturated carbocycles. The molecule has 0 aliphatic heterocycles. The lowest BCUT2D eigenvalue weighted by Crippen LogP contribution is -2.24. The van der Waals surface area contributed by atoms with Gasteiger partial charge in [0.05, 0.1) is 12.4 Å². The van der Waals surface area contributed by atoms with Crippen molar-refractivity contribution in [3.63, 3.8) is 0 Å². The molecule has 94 valence electrons. The lowest BCUT2D eigenvalue weighted by molar-refractivity contribution is -0.118. The van der Waals surface area contributed by atoms with Crippen LogP contribution in [0.4, 0.5) is 0 Å². The Morgan fingerprint density at radius 1 is 1.41 bits per heavy atom. The van der Waals surface area contributed by atoms with E-state index in [1.54, 1.807) is 18.9 Å². The van der Waals surface area contributed by atoms with Gasteiger partial charge in [0.25, 0.3) is 0 Å². The Hall–Kier alpha value is -1.00. The zero-order chi connectivity index (χ0) is 12.5. The maximum Gasteiger partial charge on any atom is 0.230 e. The number of nitrogens with one attached hydrogen (secondary N) is 1. The molecule has 0 aliphatic rings. The van der Waals surface area contributed by atoms with Gasteiger partial charge in [0.2, 0.25) is 5.91 Å². The number of rotatable bonds is 7. The monoisotopic (exact) mass is 253 g/mol. The van der Waals surface area contributed by atoms with Gasteiger partial charge in [-0.3, -0.25) is 4.79 Å². The van der Waals surface area contributed by atoms with Crippen LogP contribution in [0.3, 0.4) is 0 Å². The largest absolute Gasteiger partial charge is 0.380 e. The molecule has 3 nitrogen and oxygen atoms in total. The Kier molecular flexibility index (Phi) is 6.74. The Labute approximate surface area is 107 Å². The highest BCUT2D eigenvalue weighted by atomic mass is 32.2. The van der Waals surface area contributed by atoms with E-state index in [0.717, 1.165) is 16.9 Å². The zero-order valence-corrected chi connectivity index (χ0v) is 11.2. The van der Waals surface area contributed by atoms with Crippen molar-refractivity contribution in [3.8, 4) is 0 Å². The van der Waals surface area contributed by atoms with Gasteiger partial charge in [0.15, 0.2) is 0 Å². The second-order valence-corrected chi connectivity index (χ2v) is 4.94. The van der Waals surface area contributed by atoms with E-state index in [9.17, 15) is 4.79 Å². The van der Waals surface area contributed by atoms with Gasteiger partial charge in [-0.15, -0.1) is 0 Å². The van der Waals surface area contributed by atoms with Gasteiger partial charge < -0.3 is 10.1 Å². The molecule has 0 aromatic heterocycles. The summed E-state index contributed by atoms with van der Waals surface area (Å²) in [5.41, 5.74) is 2.23. The van der Waals surface area contributed by atoms with Crippen LogP contribution in [0.15, 0.2) is 24.3 Å². The van der Waals surface area contributed by atoms with Crippen LogP contribution in [0.1, 0.15) is 18.1 Å². The minimum atomic E-state index is 0.0917. The van der Waals surface area contributed by atoms with Gasteiger partial charge >= 0.3 is 0 Å². The fourth-order valence-electron chi connectivity index (χ4n) is 1.44. The Bertz CT molecular complexity index is 355. The average molecular weight is 253 g/mol. The van der Waals surface area contributed by atoms with Crippen molar-refractivity contribution in [1.29, 1.82) is 0 Å². The third kappa shape index (κ3) is 5.75. The normalized spacial score (nSPS) is 10.2. The first-order chi connectivity index (χ1) is 8.26. The van der Waals surface area contributed by atoms with Crippen LogP contribution >= 0.6 is 11.8 Å². The number of methoxy groups -OCH3 is 1. The number of hydrogen-bond donors (Lipinski definition) is 1. The fraction of sp³-hybridized carbons (Fsp3) is 0.462. The first kappa shape index (κ1) is 14.1. The molecule has 0 fully saturated rings. The highest BCUT2D eigenvalue weighted by Crippen LogP contribution is 2.06. The molecule has 0 aliphatic carbocycles. The Balaban J connectivity index is 2.40. The third-order valence-electron chi connectivity index (χ3n) is 2.23. The van der Waals surface area contributed by atoms with Gasteiger partial charge in [0, 0.05) is 13.7 Å². The molecule has 4 heteroatoms. The number of ether oxygens (including phenoxy) is 1. The molecule has 0 atom stereocenters. The molecule has 1 aromatic rings. The van der Waals surface area contributed by atoms with Gasteiger partial charge in [0.1, 0.15) is 0 Å². The third-order valence-corrected chi connectivity index (χ3v) is 3.10. The van der Waals surface area contributed by atoms with Crippen molar-refractivity contribution >= 4 is 17.7 Å². The van der Waals surface area contributed by atoms with E-state index in [0.29, 0.717) is 18.9 Å². The Morgan fingerprint density at radius 2 is 2.18 bits per heavy atom. The maximum atomic E-state index is 11.4. The van der Waals surface area contributed by atoms with E-state index < -0.39 is 0 Å². The van der Waals surface area contributed by atoms with Crippen LogP contribution in [0.5, 0.6) is 0 Å². The van der Waals surface area contributed by atoms with E-state index in [2.05, 4.69) is 11.4 Å². The SMILES string of the molecule is CCSCC(=O)NCc1cccc(COC)c1. The molecule has 0 radical (unpaired) electrons. The van der Waals surface area contributed by atoms with E-state index in [-0.39, 0.29) is 5.91 Å². The molecule has 1 rings (SSSR count). The summed E-state index contributed by atoms with van der Waals surface area (Å²) in [7, 11) is 1.68. The molecule has 0 saturated heterocycles. The second-order valence-electron chi connectivity index (χ2n) is 3.67. The molecule has 0 bridgehead atoms. The van der Waals surface area contributed by atoms with Crippen molar-refractivity contribution in [2.75, 3.05) is 18.6 Å². The fourth-order valence-corrected chi connectivity index (χ4v) is 1.93. The second kappa shape index (κ2) is 8.14. The summed E-state index contributed by atoms with van der Waals surface area (Å²) in [6.45, 7) is 3.24. The average Bonchev–Trinajstić information content (AvgIpc) is 2.35. The predicted molar refractivity (Wildman–Crippen MR) is 72.0 cm³/mol. The van der Waals surface area contributed by atoms with Crippen molar-refractivity contribution in [1.82, 2.24) is 5.32 Å². The van der Waals surface area contributed by atoms with E-state index >= 15 is 0 Å².